The number of fused-ring (bicyclic) bond motifs is 3. The van der Waals surface area contributed by atoms with E-state index in [9.17, 15) is 19.5 Å². The zero-order valence-corrected chi connectivity index (χ0v) is 20.2. The summed E-state index contributed by atoms with van der Waals surface area (Å²) in [6.07, 6.45) is -0.488. The molecule has 0 bridgehead atoms. The zero-order valence-electron chi connectivity index (χ0n) is 20.2. The first-order valence-electron chi connectivity index (χ1n) is 11.9. The lowest BCUT2D eigenvalue weighted by Gasteiger charge is -2.28. The number of benzene rings is 2. The third-order valence-corrected chi connectivity index (χ3v) is 6.67. The Bertz CT molecular complexity index is 1060. The summed E-state index contributed by atoms with van der Waals surface area (Å²) in [7, 11) is 0. The fraction of sp³-hybridized carbons (Fsp3) is 0.444. The quantitative estimate of drug-likeness (QED) is 0.559. The molecule has 2 amide bonds. The van der Waals surface area contributed by atoms with Gasteiger partial charge >= 0.3 is 12.1 Å². The van der Waals surface area contributed by atoms with Crippen LogP contribution >= 0.6 is 0 Å². The second-order valence-electron chi connectivity index (χ2n) is 10.2. The molecule has 1 aliphatic carbocycles. The number of amides is 2. The van der Waals surface area contributed by atoms with Crippen LogP contribution in [0, 0.1) is 11.3 Å². The molecule has 2 aromatic carbocycles. The van der Waals surface area contributed by atoms with Crippen molar-refractivity contribution < 1.29 is 29.0 Å². The average molecular weight is 481 g/mol. The lowest BCUT2D eigenvalue weighted by atomic mass is 9.86. The summed E-state index contributed by atoms with van der Waals surface area (Å²) in [5.74, 6) is -1.91. The van der Waals surface area contributed by atoms with Crippen molar-refractivity contribution in [1.29, 1.82) is 0 Å². The van der Waals surface area contributed by atoms with E-state index in [1.54, 1.807) is 20.8 Å². The number of hydrogen-bond donors (Lipinski definition) is 3. The van der Waals surface area contributed by atoms with Gasteiger partial charge in [0.1, 0.15) is 12.6 Å². The summed E-state index contributed by atoms with van der Waals surface area (Å²) in [6, 6.07) is 15.3. The topological polar surface area (TPSA) is 114 Å². The van der Waals surface area contributed by atoms with E-state index in [-0.39, 0.29) is 37.7 Å². The van der Waals surface area contributed by atoms with Crippen molar-refractivity contribution in [2.24, 2.45) is 11.3 Å². The zero-order chi connectivity index (χ0) is 25.2. The number of ether oxygens (including phenoxy) is 2. The van der Waals surface area contributed by atoms with Gasteiger partial charge in [0.25, 0.3) is 0 Å². The van der Waals surface area contributed by atoms with Crippen molar-refractivity contribution in [2.45, 2.75) is 45.3 Å². The highest BCUT2D eigenvalue weighted by molar-refractivity contribution is 5.85. The summed E-state index contributed by atoms with van der Waals surface area (Å²) in [5, 5.41) is 14.8. The van der Waals surface area contributed by atoms with Crippen LogP contribution in [0.15, 0.2) is 48.5 Å². The van der Waals surface area contributed by atoms with Crippen molar-refractivity contribution in [1.82, 2.24) is 10.6 Å². The van der Waals surface area contributed by atoms with Crippen LogP contribution in [0.1, 0.15) is 44.2 Å². The van der Waals surface area contributed by atoms with E-state index >= 15 is 0 Å². The van der Waals surface area contributed by atoms with E-state index < -0.39 is 29.4 Å². The van der Waals surface area contributed by atoms with Gasteiger partial charge in [-0.3, -0.25) is 4.79 Å². The molecule has 1 fully saturated rings. The number of hydrogen-bond acceptors (Lipinski definition) is 5. The van der Waals surface area contributed by atoms with Gasteiger partial charge in [0.2, 0.25) is 5.91 Å². The molecule has 2 aromatic rings. The van der Waals surface area contributed by atoms with E-state index in [1.165, 1.54) is 0 Å². The summed E-state index contributed by atoms with van der Waals surface area (Å²) in [4.78, 5) is 36.5. The lowest BCUT2D eigenvalue weighted by molar-refractivity contribution is -0.145. The molecular weight excluding hydrogens is 448 g/mol. The third kappa shape index (κ3) is 5.48. The van der Waals surface area contributed by atoms with Crippen LogP contribution in [0.3, 0.4) is 0 Å². The van der Waals surface area contributed by atoms with Crippen molar-refractivity contribution >= 4 is 18.0 Å². The summed E-state index contributed by atoms with van der Waals surface area (Å²) in [5.41, 5.74) is 4.00. The number of carboxylic acids is 1. The van der Waals surface area contributed by atoms with Gasteiger partial charge in [0.05, 0.1) is 18.6 Å². The van der Waals surface area contributed by atoms with Crippen LogP contribution in [-0.2, 0) is 19.1 Å². The van der Waals surface area contributed by atoms with Gasteiger partial charge in [-0.25, -0.2) is 9.59 Å². The molecule has 0 radical (unpaired) electrons. The number of alkyl carbamates (subject to hydrolysis) is 1. The van der Waals surface area contributed by atoms with Gasteiger partial charge in [-0.2, -0.15) is 0 Å². The maximum atomic E-state index is 12.6. The molecule has 2 aliphatic rings. The van der Waals surface area contributed by atoms with E-state index in [1.807, 2.05) is 24.3 Å². The standard InChI is InChI=1S/C27H32N2O6/c1-27(2,3)23(25(31)32)29-24(30)16-12-17(34-14-16)13-28-26(33)35-15-22-20-10-6-4-8-18(20)19-9-5-7-11-21(19)22/h4-11,16-17,22-23H,12-15H2,1-3H3,(H,28,33)(H,29,30)(H,31,32)/t16-,17-,23+/m0/s1. The molecule has 35 heavy (non-hydrogen) atoms. The Morgan fingerprint density at radius 1 is 1.06 bits per heavy atom. The number of carbonyl (C=O) groups is 3. The molecule has 1 aliphatic heterocycles. The molecule has 3 atom stereocenters. The highest BCUT2D eigenvalue weighted by atomic mass is 16.5. The van der Waals surface area contributed by atoms with E-state index in [4.69, 9.17) is 9.47 Å². The maximum Gasteiger partial charge on any atom is 0.407 e. The maximum absolute atomic E-state index is 12.6. The first kappa shape index (κ1) is 24.7. The van der Waals surface area contributed by atoms with Gasteiger partial charge in [-0.15, -0.1) is 0 Å². The predicted molar refractivity (Wildman–Crippen MR) is 130 cm³/mol. The lowest BCUT2D eigenvalue weighted by Crippen LogP contribution is -2.50. The fourth-order valence-corrected chi connectivity index (χ4v) is 4.79. The van der Waals surface area contributed by atoms with Gasteiger partial charge in [0.15, 0.2) is 0 Å². The predicted octanol–water partition coefficient (Wildman–Crippen LogP) is 3.55. The molecule has 8 heteroatoms. The summed E-state index contributed by atoms with van der Waals surface area (Å²) < 4.78 is 11.2. The van der Waals surface area contributed by atoms with Crippen LogP contribution in [0.25, 0.3) is 11.1 Å². The van der Waals surface area contributed by atoms with Gasteiger partial charge in [-0.1, -0.05) is 69.3 Å². The molecule has 0 spiro atoms. The molecular formula is C27H32N2O6. The second-order valence-corrected chi connectivity index (χ2v) is 10.2. The monoisotopic (exact) mass is 480 g/mol. The molecule has 4 rings (SSSR count). The molecule has 1 saturated heterocycles. The fourth-order valence-electron chi connectivity index (χ4n) is 4.79. The van der Waals surface area contributed by atoms with Crippen LogP contribution in [0.4, 0.5) is 4.79 Å². The van der Waals surface area contributed by atoms with E-state index in [0.717, 1.165) is 22.3 Å². The van der Waals surface area contributed by atoms with Crippen LogP contribution in [0.2, 0.25) is 0 Å². The molecule has 0 unspecified atom stereocenters. The van der Waals surface area contributed by atoms with Gasteiger partial charge < -0.3 is 25.2 Å². The summed E-state index contributed by atoms with van der Waals surface area (Å²) in [6.45, 7) is 5.90. The normalized spacial score (nSPS) is 20.0. The summed E-state index contributed by atoms with van der Waals surface area (Å²) >= 11 is 0. The Labute approximate surface area is 205 Å². The Balaban J connectivity index is 1.25. The minimum atomic E-state index is -1.07. The third-order valence-electron chi connectivity index (χ3n) is 6.67. The highest BCUT2D eigenvalue weighted by Gasteiger charge is 2.37. The molecule has 0 aromatic heterocycles. The Morgan fingerprint density at radius 3 is 2.23 bits per heavy atom. The smallest absolute Gasteiger partial charge is 0.407 e. The minimum absolute atomic E-state index is 0.0195. The largest absolute Gasteiger partial charge is 0.480 e. The number of carboxylic acid groups (broad SMARTS) is 1. The Kier molecular flexibility index (Phi) is 7.12. The first-order valence-corrected chi connectivity index (χ1v) is 11.9. The minimum Gasteiger partial charge on any atom is -0.480 e. The van der Waals surface area contributed by atoms with Crippen molar-refractivity contribution in [3.8, 4) is 11.1 Å². The van der Waals surface area contributed by atoms with Crippen molar-refractivity contribution in [3.05, 3.63) is 59.7 Å². The van der Waals surface area contributed by atoms with E-state index in [2.05, 4.69) is 34.9 Å². The van der Waals surface area contributed by atoms with Crippen LogP contribution in [-0.4, -0.2) is 55.0 Å². The average Bonchev–Trinajstić information content (AvgIpc) is 3.42. The highest BCUT2D eigenvalue weighted by Crippen LogP contribution is 2.44. The number of carbonyl (C=O) groups excluding carboxylic acids is 2. The molecule has 1 heterocycles. The first-order chi connectivity index (χ1) is 16.6. The Hall–Kier alpha value is -3.39. The van der Waals surface area contributed by atoms with Crippen LogP contribution < -0.4 is 10.6 Å². The van der Waals surface area contributed by atoms with Gasteiger partial charge in [-0.05, 0) is 34.1 Å². The van der Waals surface area contributed by atoms with E-state index in [0.29, 0.717) is 6.42 Å². The van der Waals surface area contributed by atoms with Crippen LogP contribution in [0.5, 0.6) is 0 Å². The number of rotatable bonds is 7. The SMILES string of the molecule is CC(C)(C)[C@H](NC(=O)[C@@H]1CO[C@H](CNC(=O)OCC2c3ccccc3-c3ccccc32)C1)C(=O)O. The molecule has 8 nitrogen and oxygen atoms in total. The van der Waals surface area contributed by atoms with Crippen molar-refractivity contribution in [3.63, 3.8) is 0 Å². The number of nitrogens with one attached hydrogen (secondary N) is 2. The Morgan fingerprint density at radius 2 is 1.66 bits per heavy atom. The molecule has 186 valence electrons. The van der Waals surface area contributed by atoms with Crippen molar-refractivity contribution in [2.75, 3.05) is 19.8 Å². The van der Waals surface area contributed by atoms with Gasteiger partial charge in [0, 0.05) is 12.5 Å². The molecule has 3 N–H and O–H groups in total. The molecule has 0 saturated carbocycles. The number of aliphatic carboxylic acids is 1. The second kappa shape index (κ2) is 10.1.